The third kappa shape index (κ3) is 5.69. The van der Waals surface area contributed by atoms with Crippen LogP contribution in [-0.2, 0) is 10.5 Å². The van der Waals surface area contributed by atoms with Crippen molar-refractivity contribution >= 4 is 29.3 Å². The summed E-state index contributed by atoms with van der Waals surface area (Å²) in [6, 6.07) is 19.8. The number of pyridine rings is 1. The Morgan fingerprint density at radius 3 is 2.43 bits per heavy atom. The molecular weight excluding hydrogens is 370 g/mol. The van der Waals surface area contributed by atoms with E-state index in [0.29, 0.717) is 11.3 Å². The van der Waals surface area contributed by atoms with Crippen LogP contribution in [0.5, 0.6) is 0 Å². The van der Waals surface area contributed by atoms with Gasteiger partial charge in [-0.05, 0) is 55.0 Å². The molecule has 0 aliphatic carbocycles. The van der Waals surface area contributed by atoms with E-state index < -0.39 is 6.04 Å². The number of hydrogen-bond donors (Lipinski definition) is 2. The highest BCUT2D eigenvalue weighted by Gasteiger charge is 2.16. The van der Waals surface area contributed by atoms with Gasteiger partial charge in [0.2, 0.25) is 5.91 Å². The highest BCUT2D eigenvalue weighted by atomic mass is 32.2. The van der Waals surface area contributed by atoms with Crippen molar-refractivity contribution in [1.82, 2.24) is 10.3 Å². The van der Waals surface area contributed by atoms with E-state index >= 15 is 0 Å². The van der Waals surface area contributed by atoms with Gasteiger partial charge < -0.3 is 10.6 Å². The summed E-state index contributed by atoms with van der Waals surface area (Å²) in [6.07, 6.45) is 3.61. The van der Waals surface area contributed by atoms with Gasteiger partial charge in [-0.1, -0.05) is 24.3 Å². The zero-order valence-electron chi connectivity index (χ0n) is 15.5. The first kappa shape index (κ1) is 19.6. The summed E-state index contributed by atoms with van der Waals surface area (Å²) in [5.74, 6) is 0.299. The van der Waals surface area contributed by atoms with E-state index in [2.05, 4.69) is 15.6 Å². The average molecular weight is 391 g/mol. The number of amides is 2. The van der Waals surface area contributed by atoms with E-state index in [1.54, 1.807) is 49.1 Å². The molecule has 1 atom stereocenters. The SMILES string of the molecule is C[C@H](NC(=O)c1ccccc1)C(=O)Nc1ccc(SCc2cccnc2)cc1. The van der Waals surface area contributed by atoms with Gasteiger partial charge in [0.05, 0.1) is 0 Å². The maximum atomic E-state index is 12.3. The normalized spacial score (nSPS) is 11.5. The highest BCUT2D eigenvalue weighted by molar-refractivity contribution is 7.98. The largest absolute Gasteiger partial charge is 0.341 e. The molecule has 0 aliphatic rings. The number of thioether (sulfide) groups is 1. The topological polar surface area (TPSA) is 71.1 Å². The molecule has 3 rings (SSSR count). The Morgan fingerprint density at radius 2 is 1.75 bits per heavy atom. The number of anilines is 1. The van der Waals surface area contributed by atoms with Crippen LogP contribution in [0.4, 0.5) is 5.69 Å². The van der Waals surface area contributed by atoms with Crippen LogP contribution in [0.25, 0.3) is 0 Å². The molecule has 5 nitrogen and oxygen atoms in total. The van der Waals surface area contributed by atoms with Gasteiger partial charge in [0.1, 0.15) is 6.04 Å². The van der Waals surface area contributed by atoms with E-state index in [0.717, 1.165) is 16.2 Å². The van der Waals surface area contributed by atoms with E-state index in [9.17, 15) is 9.59 Å². The lowest BCUT2D eigenvalue weighted by molar-refractivity contribution is -0.117. The Labute approximate surface area is 168 Å². The standard InChI is InChI=1S/C22H21N3O2S/c1-16(24-22(27)18-7-3-2-4-8-18)21(26)25-19-9-11-20(12-10-19)28-15-17-6-5-13-23-14-17/h2-14,16H,15H2,1H3,(H,24,27)(H,25,26)/t16-/m0/s1. The summed E-state index contributed by atoms with van der Waals surface area (Å²) < 4.78 is 0. The van der Waals surface area contributed by atoms with Crippen molar-refractivity contribution in [3.8, 4) is 0 Å². The molecule has 0 radical (unpaired) electrons. The predicted octanol–water partition coefficient (Wildman–Crippen LogP) is 4.13. The van der Waals surface area contributed by atoms with Gasteiger partial charge in [-0.15, -0.1) is 11.8 Å². The number of aromatic nitrogens is 1. The van der Waals surface area contributed by atoms with Crippen molar-refractivity contribution in [2.24, 2.45) is 0 Å². The monoisotopic (exact) mass is 391 g/mol. The lowest BCUT2D eigenvalue weighted by Crippen LogP contribution is -2.41. The zero-order valence-corrected chi connectivity index (χ0v) is 16.3. The number of carbonyl (C=O) groups is 2. The summed E-state index contributed by atoms with van der Waals surface area (Å²) in [7, 11) is 0. The molecule has 0 saturated heterocycles. The van der Waals surface area contributed by atoms with Crippen LogP contribution in [-0.4, -0.2) is 22.8 Å². The molecule has 0 saturated carbocycles. The van der Waals surface area contributed by atoms with Crippen LogP contribution in [0.15, 0.2) is 84.0 Å². The summed E-state index contributed by atoms with van der Waals surface area (Å²) in [4.78, 5) is 29.7. The predicted molar refractivity (Wildman–Crippen MR) is 112 cm³/mol. The maximum Gasteiger partial charge on any atom is 0.251 e. The molecule has 0 bridgehead atoms. The van der Waals surface area contributed by atoms with Gasteiger partial charge in [0.25, 0.3) is 5.91 Å². The van der Waals surface area contributed by atoms with E-state index in [1.165, 1.54) is 0 Å². The molecule has 3 aromatic rings. The molecule has 2 aromatic carbocycles. The van der Waals surface area contributed by atoms with Crippen molar-refractivity contribution in [3.63, 3.8) is 0 Å². The molecule has 1 heterocycles. The van der Waals surface area contributed by atoms with Gasteiger partial charge in [-0.2, -0.15) is 0 Å². The molecular formula is C22H21N3O2S. The van der Waals surface area contributed by atoms with E-state index in [4.69, 9.17) is 0 Å². The van der Waals surface area contributed by atoms with Crippen molar-refractivity contribution in [1.29, 1.82) is 0 Å². The van der Waals surface area contributed by atoms with E-state index in [-0.39, 0.29) is 11.8 Å². The van der Waals surface area contributed by atoms with E-state index in [1.807, 2.05) is 48.7 Å². The summed E-state index contributed by atoms with van der Waals surface area (Å²) in [5, 5.41) is 5.53. The van der Waals surface area contributed by atoms with Gasteiger partial charge in [-0.25, -0.2) is 0 Å². The molecule has 28 heavy (non-hydrogen) atoms. The van der Waals surface area contributed by atoms with Gasteiger partial charge >= 0.3 is 0 Å². The fraction of sp³-hybridized carbons (Fsp3) is 0.136. The van der Waals surface area contributed by atoms with Crippen LogP contribution in [0.3, 0.4) is 0 Å². The van der Waals surface area contributed by atoms with Gasteiger partial charge in [0.15, 0.2) is 0 Å². The zero-order chi connectivity index (χ0) is 19.8. The second-order valence-corrected chi connectivity index (χ2v) is 7.27. The number of nitrogens with zero attached hydrogens (tertiary/aromatic N) is 1. The number of nitrogens with one attached hydrogen (secondary N) is 2. The minimum atomic E-state index is -0.646. The molecule has 142 valence electrons. The molecule has 0 fully saturated rings. The molecule has 2 N–H and O–H groups in total. The second-order valence-electron chi connectivity index (χ2n) is 6.22. The van der Waals surface area contributed by atoms with Crippen molar-refractivity contribution in [2.45, 2.75) is 23.6 Å². The second kappa shape index (κ2) is 9.71. The van der Waals surface area contributed by atoms with Crippen LogP contribution >= 0.6 is 11.8 Å². The molecule has 6 heteroatoms. The van der Waals surface area contributed by atoms with Crippen molar-refractivity contribution < 1.29 is 9.59 Å². The molecule has 2 amide bonds. The van der Waals surface area contributed by atoms with Crippen LogP contribution < -0.4 is 10.6 Å². The Hall–Kier alpha value is -3.12. The smallest absolute Gasteiger partial charge is 0.251 e. The quantitative estimate of drug-likeness (QED) is 0.594. The molecule has 0 aliphatic heterocycles. The van der Waals surface area contributed by atoms with Crippen LogP contribution in [0.2, 0.25) is 0 Å². The summed E-state index contributed by atoms with van der Waals surface area (Å²) in [6.45, 7) is 1.66. The third-order valence-corrected chi connectivity index (χ3v) is 5.11. The van der Waals surface area contributed by atoms with Crippen LogP contribution in [0.1, 0.15) is 22.8 Å². The lowest BCUT2D eigenvalue weighted by atomic mass is 10.2. The first-order chi connectivity index (χ1) is 13.6. The lowest BCUT2D eigenvalue weighted by Gasteiger charge is -2.14. The number of hydrogen-bond acceptors (Lipinski definition) is 4. The minimum Gasteiger partial charge on any atom is -0.341 e. The van der Waals surface area contributed by atoms with Gasteiger partial charge in [-0.3, -0.25) is 14.6 Å². The highest BCUT2D eigenvalue weighted by Crippen LogP contribution is 2.24. The average Bonchev–Trinajstić information content (AvgIpc) is 2.74. The van der Waals surface area contributed by atoms with Crippen molar-refractivity contribution in [2.75, 3.05) is 5.32 Å². The summed E-state index contributed by atoms with van der Waals surface area (Å²) in [5.41, 5.74) is 2.38. The Morgan fingerprint density at radius 1 is 1.00 bits per heavy atom. The Bertz CT molecular complexity index is 916. The van der Waals surface area contributed by atoms with Crippen LogP contribution in [0, 0.1) is 0 Å². The minimum absolute atomic E-state index is 0.264. The number of rotatable bonds is 7. The fourth-order valence-electron chi connectivity index (χ4n) is 2.47. The molecule has 0 spiro atoms. The Balaban J connectivity index is 1.50. The summed E-state index contributed by atoms with van der Waals surface area (Å²) >= 11 is 1.70. The first-order valence-corrected chi connectivity index (χ1v) is 9.89. The molecule has 1 aromatic heterocycles. The maximum absolute atomic E-state index is 12.3. The number of carbonyl (C=O) groups excluding carboxylic acids is 2. The number of benzene rings is 2. The Kier molecular flexibility index (Phi) is 6.81. The first-order valence-electron chi connectivity index (χ1n) is 8.90. The third-order valence-electron chi connectivity index (χ3n) is 4.03. The molecule has 0 unspecified atom stereocenters. The van der Waals surface area contributed by atoms with Crippen molar-refractivity contribution in [3.05, 3.63) is 90.3 Å². The fourth-order valence-corrected chi connectivity index (χ4v) is 3.30. The van der Waals surface area contributed by atoms with Gasteiger partial charge in [0, 0.05) is 34.3 Å².